The van der Waals surface area contributed by atoms with Crippen molar-refractivity contribution in [1.82, 2.24) is 14.8 Å². The first-order chi connectivity index (χ1) is 15.4. The summed E-state index contributed by atoms with van der Waals surface area (Å²) >= 11 is 1.72. The van der Waals surface area contributed by atoms with E-state index in [4.69, 9.17) is 0 Å². The van der Waals surface area contributed by atoms with Crippen LogP contribution in [0, 0.1) is 13.8 Å². The topological polar surface area (TPSA) is 71.4 Å². The predicted octanol–water partition coefficient (Wildman–Crippen LogP) is 3.99. The molecule has 3 amide bonds. The first-order valence-corrected chi connectivity index (χ1v) is 11.7. The zero-order valence-electron chi connectivity index (χ0n) is 18.2. The van der Waals surface area contributed by atoms with E-state index in [0.717, 1.165) is 46.8 Å². The van der Waals surface area contributed by atoms with Crippen molar-refractivity contribution in [1.29, 1.82) is 0 Å². The molecule has 2 aromatic heterocycles. The number of aryl methyl sites for hydroxylation is 3. The van der Waals surface area contributed by atoms with Crippen LogP contribution in [-0.4, -0.2) is 33.7 Å². The Bertz CT molecular complexity index is 1230. The van der Waals surface area contributed by atoms with E-state index in [1.165, 1.54) is 4.88 Å². The zero-order chi connectivity index (χ0) is 22.5. The van der Waals surface area contributed by atoms with Gasteiger partial charge >= 0.3 is 6.03 Å². The smallest absolute Gasteiger partial charge is 0.325 e. The maximum absolute atomic E-state index is 13.3. The van der Waals surface area contributed by atoms with Crippen LogP contribution in [0.2, 0.25) is 0 Å². The van der Waals surface area contributed by atoms with Gasteiger partial charge in [-0.25, -0.2) is 4.79 Å². The van der Waals surface area contributed by atoms with Gasteiger partial charge in [0.25, 0.3) is 5.91 Å². The molecule has 164 valence electrons. The monoisotopic (exact) mass is 447 g/mol. The number of hydrogen-bond acceptors (Lipinski definition) is 4. The molecule has 0 saturated carbocycles. The summed E-state index contributed by atoms with van der Waals surface area (Å²) in [6.07, 6.45) is 2.16. The number of benzene rings is 1. The van der Waals surface area contributed by atoms with E-state index >= 15 is 0 Å². The van der Waals surface area contributed by atoms with Crippen molar-refractivity contribution in [2.24, 2.45) is 0 Å². The van der Waals surface area contributed by atoms with Crippen LogP contribution < -0.4 is 5.32 Å². The summed E-state index contributed by atoms with van der Waals surface area (Å²) in [6.45, 7) is 4.45. The standard InChI is InChI=1S/C25H25N3O3S/c1-16-14-20(17(2)27(16)12-10-19-7-5-13-32-19)22(29)15-28-23(30)25(26-24(28)31)11-9-18-6-3-4-8-21(18)25/h3-8,13-14H,9-12,15H2,1-2H3,(H,26,31). The maximum Gasteiger partial charge on any atom is 0.325 e. The summed E-state index contributed by atoms with van der Waals surface area (Å²) < 4.78 is 2.13. The van der Waals surface area contributed by atoms with Crippen molar-refractivity contribution in [3.05, 3.63) is 80.8 Å². The van der Waals surface area contributed by atoms with E-state index in [2.05, 4.69) is 21.3 Å². The van der Waals surface area contributed by atoms with Crippen LogP contribution in [0.15, 0.2) is 47.8 Å². The number of rotatable bonds is 6. The minimum Gasteiger partial charge on any atom is -0.348 e. The number of ketones is 1. The third-order valence-corrected chi connectivity index (χ3v) is 7.70. The fourth-order valence-electron chi connectivity index (χ4n) is 5.07. The van der Waals surface area contributed by atoms with Gasteiger partial charge in [-0.3, -0.25) is 14.5 Å². The number of hydrogen-bond donors (Lipinski definition) is 1. The van der Waals surface area contributed by atoms with Crippen LogP contribution in [0.5, 0.6) is 0 Å². The number of Topliss-reactive ketones (excluding diaryl/α,β-unsaturated/α-hetero) is 1. The summed E-state index contributed by atoms with van der Waals surface area (Å²) in [5.41, 5.74) is 3.33. The molecule has 1 unspecified atom stereocenters. The van der Waals surface area contributed by atoms with E-state index in [-0.39, 0.29) is 18.2 Å². The minimum absolute atomic E-state index is 0.215. The normalized spacial score (nSPS) is 19.6. The molecular formula is C25H25N3O3S. The molecule has 32 heavy (non-hydrogen) atoms. The molecule has 1 fully saturated rings. The summed E-state index contributed by atoms with van der Waals surface area (Å²) in [5.74, 6) is -0.542. The zero-order valence-corrected chi connectivity index (χ0v) is 19.0. The second-order valence-corrected chi connectivity index (χ2v) is 9.61. The molecule has 5 rings (SSSR count). The number of carbonyl (C=O) groups excluding carboxylic acids is 3. The molecule has 1 aliphatic heterocycles. The molecule has 1 atom stereocenters. The summed E-state index contributed by atoms with van der Waals surface area (Å²) in [6, 6.07) is 13.2. The second kappa shape index (κ2) is 7.74. The number of amides is 3. The van der Waals surface area contributed by atoms with Crippen molar-refractivity contribution in [3.8, 4) is 0 Å². The van der Waals surface area contributed by atoms with E-state index in [1.54, 1.807) is 11.3 Å². The Labute approximate surface area is 190 Å². The van der Waals surface area contributed by atoms with Gasteiger partial charge in [-0.1, -0.05) is 30.3 Å². The van der Waals surface area contributed by atoms with E-state index < -0.39 is 11.6 Å². The Morgan fingerprint density at radius 3 is 2.75 bits per heavy atom. The highest BCUT2D eigenvalue weighted by atomic mass is 32.1. The molecule has 7 heteroatoms. The first-order valence-electron chi connectivity index (χ1n) is 10.9. The molecule has 1 aromatic carbocycles. The van der Waals surface area contributed by atoms with Crippen LogP contribution in [0.25, 0.3) is 0 Å². The van der Waals surface area contributed by atoms with E-state index in [1.807, 2.05) is 50.2 Å². The number of thiophene rings is 1. The maximum atomic E-state index is 13.3. The Morgan fingerprint density at radius 2 is 1.97 bits per heavy atom. The van der Waals surface area contributed by atoms with Gasteiger partial charge in [-0.2, -0.15) is 0 Å². The highest BCUT2D eigenvalue weighted by Crippen LogP contribution is 2.41. The first kappa shape index (κ1) is 20.7. The molecule has 1 saturated heterocycles. The van der Waals surface area contributed by atoms with Crippen molar-refractivity contribution < 1.29 is 14.4 Å². The van der Waals surface area contributed by atoms with Crippen molar-refractivity contribution >= 4 is 29.1 Å². The lowest BCUT2D eigenvalue weighted by atomic mass is 9.92. The summed E-state index contributed by atoms with van der Waals surface area (Å²) in [4.78, 5) is 41.7. The molecule has 1 aliphatic carbocycles. The average Bonchev–Trinajstić information content (AvgIpc) is 3.53. The number of urea groups is 1. The third kappa shape index (κ3) is 3.19. The Morgan fingerprint density at radius 1 is 1.16 bits per heavy atom. The van der Waals surface area contributed by atoms with Crippen LogP contribution in [0.1, 0.15) is 44.2 Å². The lowest BCUT2D eigenvalue weighted by Gasteiger charge is -2.22. The van der Waals surface area contributed by atoms with E-state index in [9.17, 15) is 14.4 Å². The highest BCUT2D eigenvalue weighted by molar-refractivity contribution is 7.09. The quantitative estimate of drug-likeness (QED) is 0.459. The Kier molecular flexibility index (Phi) is 5.01. The van der Waals surface area contributed by atoms with Gasteiger partial charge in [0.05, 0.1) is 6.54 Å². The molecule has 3 heterocycles. The van der Waals surface area contributed by atoms with Gasteiger partial charge < -0.3 is 9.88 Å². The fraction of sp³-hybridized carbons (Fsp3) is 0.320. The average molecular weight is 448 g/mol. The number of aromatic nitrogens is 1. The molecule has 1 N–H and O–H groups in total. The summed E-state index contributed by atoms with van der Waals surface area (Å²) in [7, 11) is 0. The largest absolute Gasteiger partial charge is 0.348 e. The number of nitrogens with zero attached hydrogens (tertiary/aromatic N) is 2. The number of imide groups is 1. The molecule has 0 bridgehead atoms. The molecule has 3 aromatic rings. The molecule has 0 radical (unpaired) electrons. The summed E-state index contributed by atoms with van der Waals surface area (Å²) in [5, 5.41) is 4.95. The number of nitrogens with one attached hydrogen (secondary N) is 1. The Hall–Kier alpha value is -3.19. The molecule has 2 aliphatic rings. The SMILES string of the molecule is Cc1cc(C(=O)CN2C(=O)NC3(CCc4ccccc43)C2=O)c(C)n1CCc1cccs1. The van der Waals surface area contributed by atoms with Gasteiger partial charge in [0.15, 0.2) is 5.78 Å². The van der Waals surface area contributed by atoms with Crippen LogP contribution in [0.4, 0.5) is 4.79 Å². The van der Waals surface area contributed by atoms with Gasteiger partial charge in [-0.05, 0) is 61.7 Å². The number of fused-ring (bicyclic) bond motifs is 2. The Balaban J connectivity index is 1.35. The van der Waals surface area contributed by atoms with Crippen molar-refractivity contribution in [2.45, 2.75) is 45.2 Å². The van der Waals surface area contributed by atoms with Crippen LogP contribution in [0.3, 0.4) is 0 Å². The van der Waals surface area contributed by atoms with Crippen LogP contribution >= 0.6 is 11.3 Å². The third-order valence-electron chi connectivity index (χ3n) is 6.76. The van der Waals surface area contributed by atoms with E-state index in [0.29, 0.717) is 12.0 Å². The van der Waals surface area contributed by atoms with Gasteiger partial charge in [0.2, 0.25) is 0 Å². The van der Waals surface area contributed by atoms with Crippen LogP contribution in [-0.2, 0) is 29.7 Å². The van der Waals surface area contributed by atoms with Crippen molar-refractivity contribution in [3.63, 3.8) is 0 Å². The minimum atomic E-state index is -1.04. The molecular weight excluding hydrogens is 422 g/mol. The second-order valence-electron chi connectivity index (χ2n) is 8.57. The molecule has 1 spiro atoms. The highest BCUT2D eigenvalue weighted by Gasteiger charge is 2.55. The van der Waals surface area contributed by atoms with Gasteiger partial charge in [0.1, 0.15) is 5.54 Å². The fourth-order valence-corrected chi connectivity index (χ4v) is 5.76. The predicted molar refractivity (Wildman–Crippen MR) is 123 cm³/mol. The van der Waals surface area contributed by atoms with Gasteiger partial charge in [0, 0.05) is 28.4 Å². The van der Waals surface area contributed by atoms with Crippen molar-refractivity contribution in [2.75, 3.05) is 6.54 Å². The lowest BCUT2D eigenvalue weighted by Crippen LogP contribution is -2.42. The molecule has 6 nitrogen and oxygen atoms in total. The van der Waals surface area contributed by atoms with Gasteiger partial charge in [-0.15, -0.1) is 11.3 Å². The number of carbonyl (C=O) groups is 3. The lowest BCUT2D eigenvalue weighted by molar-refractivity contribution is -0.131.